The van der Waals surface area contributed by atoms with E-state index in [-0.39, 0.29) is 0 Å². The molecule has 0 fully saturated rings. The summed E-state index contributed by atoms with van der Waals surface area (Å²) >= 11 is 0. The molecule has 2 heterocycles. The molecule has 0 saturated carbocycles. The summed E-state index contributed by atoms with van der Waals surface area (Å²) in [6.45, 7) is 7.42. The van der Waals surface area contributed by atoms with Crippen LogP contribution in [0, 0.1) is 5.92 Å². The fourth-order valence-electron chi connectivity index (χ4n) is 2.87. The van der Waals surface area contributed by atoms with Crippen molar-refractivity contribution in [3.8, 4) is 0 Å². The minimum absolute atomic E-state index is 0.663. The fourth-order valence-corrected chi connectivity index (χ4v) is 2.87. The second-order valence-electron chi connectivity index (χ2n) is 5.46. The van der Waals surface area contributed by atoms with Crippen LogP contribution in [0.2, 0.25) is 0 Å². The van der Waals surface area contributed by atoms with Gasteiger partial charge in [-0.05, 0) is 35.6 Å². The Hall–Kier alpha value is -1.12. The van der Waals surface area contributed by atoms with Gasteiger partial charge in [-0.25, -0.2) is 0 Å². The van der Waals surface area contributed by atoms with Gasteiger partial charge in [0.15, 0.2) is 0 Å². The first-order valence-corrected chi connectivity index (χ1v) is 6.89. The Morgan fingerprint density at radius 1 is 1.22 bits per heavy atom. The lowest BCUT2D eigenvalue weighted by Gasteiger charge is -2.18. The lowest BCUT2D eigenvalue weighted by atomic mass is 9.98. The van der Waals surface area contributed by atoms with Crippen LogP contribution in [0.4, 0.5) is 0 Å². The molecule has 0 aliphatic carbocycles. The van der Waals surface area contributed by atoms with Crippen LogP contribution >= 0.6 is 0 Å². The van der Waals surface area contributed by atoms with Crippen LogP contribution in [0.5, 0.6) is 0 Å². The topological polar surface area (TPSA) is 12.5 Å². The number of nitrogens with zero attached hydrogens (tertiary/aromatic N) is 1. The van der Waals surface area contributed by atoms with E-state index in [4.69, 9.17) is 4.74 Å². The van der Waals surface area contributed by atoms with Gasteiger partial charge in [-0.15, -0.1) is 0 Å². The van der Waals surface area contributed by atoms with Gasteiger partial charge in [0.2, 0.25) is 0 Å². The Morgan fingerprint density at radius 2 is 1.94 bits per heavy atom. The first-order valence-electron chi connectivity index (χ1n) is 6.89. The molecule has 0 bridgehead atoms. The van der Waals surface area contributed by atoms with Crippen molar-refractivity contribution in [1.29, 1.82) is 0 Å². The Labute approximate surface area is 109 Å². The molecule has 2 aliphatic heterocycles. The highest BCUT2D eigenvalue weighted by atomic mass is 16.5. The Morgan fingerprint density at radius 3 is 2.56 bits per heavy atom. The lowest BCUT2D eigenvalue weighted by Crippen LogP contribution is -2.20. The SMILES string of the molecule is CC(CCN1Cc2ccccc2C1)C1=CCOC1. The molecule has 0 amide bonds. The summed E-state index contributed by atoms with van der Waals surface area (Å²) in [4.78, 5) is 2.55. The van der Waals surface area contributed by atoms with Crippen LogP contribution < -0.4 is 0 Å². The predicted octanol–water partition coefficient (Wildman–Crippen LogP) is 2.99. The van der Waals surface area contributed by atoms with Crippen LogP contribution in [-0.4, -0.2) is 24.7 Å². The molecule has 1 atom stereocenters. The first kappa shape index (κ1) is 11.9. The van der Waals surface area contributed by atoms with Crippen molar-refractivity contribution in [3.63, 3.8) is 0 Å². The van der Waals surface area contributed by atoms with Crippen molar-refractivity contribution in [2.45, 2.75) is 26.4 Å². The molecular weight excluding hydrogens is 222 g/mol. The van der Waals surface area contributed by atoms with E-state index in [9.17, 15) is 0 Å². The van der Waals surface area contributed by atoms with Gasteiger partial charge in [-0.2, -0.15) is 0 Å². The van der Waals surface area contributed by atoms with E-state index in [1.807, 2.05) is 0 Å². The molecule has 96 valence electrons. The van der Waals surface area contributed by atoms with Gasteiger partial charge in [-0.1, -0.05) is 37.3 Å². The van der Waals surface area contributed by atoms with Crippen molar-refractivity contribution < 1.29 is 4.74 Å². The summed E-state index contributed by atoms with van der Waals surface area (Å²) in [5.41, 5.74) is 4.51. The molecule has 18 heavy (non-hydrogen) atoms. The third-order valence-electron chi connectivity index (χ3n) is 4.15. The number of ether oxygens (including phenoxy) is 1. The Balaban J connectivity index is 1.51. The second-order valence-corrected chi connectivity index (χ2v) is 5.46. The number of hydrogen-bond donors (Lipinski definition) is 0. The number of rotatable bonds is 4. The van der Waals surface area contributed by atoms with Gasteiger partial charge in [-0.3, -0.25) is 4.90 Å². The smallest absolute Gasteiger partial charge is 0.0684 e. The molecule has 1 aromatic rings. The molecular formula is C16H21NO. The average molecular weight is 243 g/mol. The van der Waals surface area contributed by atoms with E-state index < -0.39 is 0 Å². The molecule has 0 radical (unpaired) electrons. The quantitative estimate of drug-likeness (QED) is 0.754. The van der Waals surface area contributed by atoms with Gasteiger partial charge >= 0.3 is 0 Å². The molecule has 0 saturated heterocycles. The van der Waals surface area contributed by atoms with Crippen LogP contribution in [0.15, 0.2) is 35.9 Å². The highest BCUT2D eigenvalue weighted by Gasteiger charge is 2.19. The summed E-state index contributed by atoms with van der Waals surface area (Å²) in [6, 6.07) is 8.80. The van der Waals surface area contributed by atoms with E-state index >= 15 is 0 Å². The predicted molar refractivity (Wildman–Crippen MR) is 73.2 cm³/mol. The second kappa shape index (κ2) is 5.25. The summed E-state index contributed by atoms with van der Waals surface area (Å²) < 4.78 is 5.39. The molecule has 0 N–H and O–H groups in total. The third-order valence-corrected chi connectivity index (χ3v) is 4.15. The molecule has 1 unspecified atom stereocenters. The van der Waals surface area contributed by atoms with Crippen molar-refractivity contribution in [2.24, 2.45) is 5.92 Å². The molecule has 2 nitrogen and oxygen atoms in total. The van der Waals surface area contributed by atoms with Crippen LogP contribution in [0.25, 0.3) is 0 Å². The summed E-state index contributed by atoms with van der Waals surface area (Å²) in [6.07, 6.45) is 3.49. The monoisotopic (exact) mass is 243 g/mol. The van der Waals surface area contributed by atoms with Crippen molar-refractivity contribution in [1.82, 2.24) is 4.90 Å². The van der Waals surface area contributed by atoms with E-state index in [0.29, 0.717) is 5.92 Å². The van der Waals surface area contributed by atoms with Crippen LogP contribution in [-0.2, 0) is 17.8 Å². The Kier molecular flexibility index (Phi) is 3.48. The molecule has 2 heteroatoms. The lowest BCUT2D eigenvalue weighted by molar-refractivity contribution is 0.200. The molecule has 1 aromatic carbocycles. The van der Waals surface area contributed by atoms with E-state index in [2.05, 4.69) is 42.2 Å². The van der Waals surface area contributed by atoms with Gasteiger partial charge in [0, 0.05) is 13.1 Å². The highest BCUT2D eigenvalue weighted by molar-refractivity contribution is 5.30. The van der Waals surface area contributed by atoms with E-state index in [1.165, 1.54) is 29.7 Å². The first-order chi connectivity index (χ1) is 8.83. The largest absolute Gasteiger partial charge is 0.373 e. The molecule has 0 spiro atoms. The van der Waals surface area contributed by atoms with Gasteiger partial charge in [0.25, 0.3) is 0 Å². The zero-order valence-electron chi connectivity index (χ0n) is 11.1. The number of fused-ring (bicyclic) bond motifs is 1. The van der Waals surface area contributed by atoms with Crippen molar-refractivity contribution in [3.05, 3.63) is 47.0 Å². The average Bonchev–Trinajstić information content (AvgIpc) is 3.04. The normalized spacial score (nSPS) is 20.8. The van der Waals surface area contributed by atoms with E-state index in [0.717, 1.165) is 26.3 Å². The highest BCUT2D eigenvalue weighted by Crippen LogP contribution is 2.24. The fraction of sp³-hybridized carbons (Fsp3) is 0.500. The minimum Gasteiger partial charge on any atom is -0.373 e. The molecule has 2 aliphatic rings. The van der Waals surface area contributed by atoms with Crippen molar-refractivity contribution in [2.75, 3.05) is 19.8 Å². The third kappa shape index (κ3) is 2.50. The maximum atomic E-state index is 5.39. The maximum Gasteiger partial charge on any atom is 0.0684 e. The minimum atomic E-state index is 0.663. The molecule has 0 aromatic heterocycles. The van der Waals surface area contributed by atoms with Crippen molar-refractivity contribution >= 4 is 0 Å². The van der Waals surface area contributed by atoms with Gasteiger partial charge in [0.1, 0.15) is 0 Å². The summed E-state index contributed by atoms with van der Waals surface area (Å²) in [5.74, 6) is 0.663. The number of benzene rings is 1. The maximum absolute atomic E-state index is 5.39. The number of hydrogen-bond acceptors (Lipinski definition) is 2. The van der Waals surface area contributed by atoms with Gasteiger partial charge in [0.05, 0.1) is 13.2 Å². The van der Waals surface area contributed by atoms with Crippen LogP contribution in [0.1, 0.15) is 24.5 Å². The molecule has 3 rings (SSSR count). The van der Waals surface area contributed by atoms with E-state index in [1.54, 1.807) is 0 Å². The van der Waals surface area contributed by atoms with Gasteiger partial charge < -0.3 is 4.74 Å². The Bertz CT molecular complexity index is 427. The zero-order chi connectivity index (χ0) is 12.4. The van der Waals surface area contributed by atoms with Crippen LogP contribution in [0.3, 0.4) is 0 Å². The standard InChI is InChI=1S/C16H21NO/c1-13(16-7-9-18-12-16)6-8-17-10-14-4-2-3-5-15(14)11-17/h2-5,7,13H,6,8-12H2,1H3. The summed E-state index contributed by atoms with van der Waals surface area (Å²) in [5, 5.41) is 0. The zero-order valence-corrected chi connectivity index (χ0v) is 11.1. The summed E-state index contributed by atoms with van der Waals surface area (Å²) in [7, 11) is 0.